The Hall–Kier alpha value is -2.06. The van der Waals surface area contributed by atoms with Crippen LogP contribution in [0.5, 0.6) is 0 Å². The van der Waals surface area contributed by atoms with E-state index in [0.717, 1.165) is 5.56 Å². The number of ether oxygens (including phenoxy) is 2. The number of carbonyl (C=O) groups excluding carboxylic acids is 1. The van der Waals surface area contributed by atoms with Crippen molar-refractivity contribution in [3.63, 3.8) is 0 Å². The lowest BCUT2D eigenvalue weighted by atomic mass is 10.1. The quantitative estimate of drug-likeness (QED) is 0.781. The van der Waals surface area contributed by atoms with Crippen LogP contribution in [0.4, 0.5) is 0 Å². The molecule has 1 amide bonds. The second-order valence-electron chi connectivity index (χ2n) is 4.66. The number of carbonyl (C=O) groups is 1. The molecule has 1 aliphatic heterocycles. The van der Waals surface area contributed by atoms with Crippen molar-refractivity contribution in [2.45, 2.75) is 12.3 Å². The lowest BCUT2D eigenvalue weighted by molar-refractivity contribution is -0.122. The van der Waals surface area contributed by atoms with E-state index in [-0.39, 0.29) is 17.4 Å². The van der Waals surface area contributed by atoms with Gasteiger partial charge in [0.15, 0.2) is 0 Å². The second kappa shape index (κ2) is 7.28. The molecule has 1 aromatic rings. The minimum Gasteiger partial charge on any atom is -0.494 e. The minimum absolute atomic E-state index is 0.0752. The average Bonchev–Trinajstić information content (AvgIpc) is 2.54. The van der Waals surface area contributed by atoms with Crippen LogP contribution < -0.4 is 10.0 Å². The van der Waals surface area contributed by atoms with E-state index in [9.17, 15) is 13.2 Å². The summed E-state index contributed by atoms with van der Waals surface area (Å²) < 4.78 is 35.3. The highest BCUT2D eigenvalue weighted by Gasteiger charge is 2.14. The number of hydrogen-bond donors (Lipinski definition) is 2. The lowest BCUT2D eigenvalue weighted by Gasteiger charge is -2.15. The smallest absolute Gasteiger partial charge is 0.289 e. The van der Waals surface area contributed by atoms with Crippen LogP contribution in [0.15, 0.2) is 36.3 Å². The monoisotopic (exact) mass is 326 g/mol. The van der Waals surface area contributed by atoms with Gasteiger partial charge in [0.05, 0.1) is 5.75 Å². The largest absolute Gasteiger partial charge is 0.494 e. The van der Waals surface area contributed by atoms with Crippen LogP contribution in [-0.4, -0.2) is 34.6 Å². The fraction of sp³-hybridized carbons (Fsp3) is 0.357. The number of amides is 1. The minimum atomic E-state index is -3.28. The lowest BCUT2D eigenvalue weighted by Crippen LogP contribution is -2.28. The molecular weight excluding hydrogens is 308 g/mol. The zero-order chi connectivity index (χ0) is 16.0. The van der Waals surface area contributed by atoms with E-state index in [4.69, 9.17) is 9.47 Å². The molecule has 0 unspecified atom stereocenters. The molecule has 0 saturated carbocycles. The third-order valence-corrected chi connectivity index (χ3v) is 4.35. The normalized spacial score (nSPS) is 14.5. The Bertz CT molecular complexity index is 652. The first-order valence-electron chi connectivity index (χ1n) is 6.72. The van der Waals surface area contributed by atoms with Gasteiger partial charge in [0.1, 0.15) is 19.5 Å². The van der Waals surface area contributed by atoms with Crippen molar-refractivity contribution in [2.75, 3.05) is 20.3 Å². The van der Waals surface area contributed by atoms with E-state index < -0.39 is 10.0 Å². The fourth-order valence-corrected chi connectivity index (χ4v) is 2.58. The summed E-state index contributed by atoms with van der Waals surface area (Å²) >= 11 is 0. The van der Waals surface area contributed by atoms with Gasteiger partial charge in [-0.05, 0) is 18.2 Å². The molecule has 7 nitrogen and oxygen atoms in total. The van der Waals surface area contributed by atoms with Crippen LogP contribution in [0.1, 0.15) is 11.1 Å². The molecule has 120 valence electrons. The van der Waals surface area contributed by atoms with Crippen LogP contribution >= 0.6 is 0 Å². The van der Waals surface area contributed by atoms with E-state index >= 15 is 0 Å². The first-order chi connectivity index (χ1) is 10.5. The molecule has 1 aromatic carbocycles. The SMILES string of the molecule is CNS(=O)(=O)Cc1ccc(CNC(=O)C2=COCCO2)cc1. The van der Waals surface area contributed by atoms with Gasteiger partial charge in [-0.2, -0.15) is 0 Å². The molecule has 8 heteroatoms. The topological polar surface area (TPSA) is 93.7 Å². The molecular formula is C14H18N2O5S. The van der Waals surface area contributed by atoms with Crippen molar-refractivity contribution in [3.05, 3.63) is 47.4 Å². The summed E-state index contributed by atoms with van der Waals surface area (Å²) in [6.45, 7) is 1.11. The van der Waals surface area contributed by atoms with Crippen LogP contribution in [0.3, 0.4) is 0 Å². The van der Waals surface area contributed by atoms with Crippen molar-refractivity contribution in [3.8, 4) is 0 Å². The van der Waals surface area contributed by atoms with E-state index in [0.29, 0.717) is 25.3 Å². The Kier molecular flexibility index (Phi) is 5.40. The van der Waals surface area contributed by atoms with E-state index in [1.807, 2.05) is 0 Å². The van der Waals surface area contributed by atoms with E-state index in [1.54, 1.807) is 24.3 Å². The summed E-state index contributed by atoms with van der Waals surface area (Å²) in [5, 5.41) is 2.70. The van der Waals surface area contributed by atoms with Crippen molar-refractivity contribution >= 4 is 15.9 Å². The molecule has 0 aromatic heterocycles. The molecule has 0 atom stereocenters. The number of sulfonamides is 1. The molecule has 2 rings (SSSR count). The maximum Gasteiger partial charge on any atom is 0.289 e. The summed E-state index contributed by atoms with van der Waals surface area (Å²) in [6.07, 6.45) is 1.30. The van der Waals surface area contributed by atoms with Gasteiger partial charge in [-0.25, -0.2) is 13.1 Å². The summed E-state index contributed by atoms with van der Waals surface area (Å²) in [5.41, 5.74) is 1.53. The average molecular weight is 326 g/mol. The van der Waals surface area contributed by atoms with Crippen LogP contribution in [0.2, 0.25) is 0 Å². The summed E-state index contributed by atoms with van der Waals surface area (Å²) in [7, 11) is -1.90. The van der Waals surface area contributed by atoms with Crippen molar-refractivity contribution < 1.29 is 22.7 Å². The van der Waals surface area contributed by atoms with Crippen LogP contribution in [0.25, 0.3) is 0 Å². The summed E-state index contributed by atoms with van der Waals surface area (Å²) in [5.74, 6) is -0.265. The van der Waals surface area contributed by atoms with E-state index in [1.165, 1.54) is 13.3 Å². The second-order valence-corrected chi connectivity index (χ2v) is 6.59. The van der Waals surface area contributed by atoms with Gasteiger partial charge < -0.3 is 14.8 Å². The molecule has 0 radical (unpaired) electrons. The molecule has 2 N–H and O–H groups in total. The Labute approximate surface area is 129 Å². The fourth-order valence-electron chi connectivity index (χ4n) is 1.80. The maximum atomic E-state index is 11.8. The Balaban J connectivity index is 1.89. The van der Waals surface area contributed by atoms with E-state index in [2.05, 4.69) is 10.0 Å². The molecule has 1 heterocycles. The Morgan fingerprint density at radius 3 is 2.45 bits per heavy atom. The number of benzene rings is 1. The van der Waals surface area contributed by atoms with Gasteiger partial charge in [0, 0.05) is 6.54 Å². The van der Waals surface area contributed by atoms with Crippen LogP contribution in [0, 0.1) is 0 Å². The highest BCUT2D eigenvalue weighted by atomic mass is 32.2. The summed E-state index contributed by atoms with van der Waals surface area (Å²) in [6, 6.07) is 6.98. The predicted octanol–water partition coefficient (Wildman–Crippen LogP) is 0.240. The van der Waals surface area contributed by atoms with Crippen molar-refractivity contribution in [1.82, 2.24) is 10.0 Å². The molecule has 1 aliphatic rings. The zero-order valence-electron chi connectivity index (χ0n) is 12.2. The number of nitrogens with one attached hydrogen (secondary N) is 2. The standard InChI is InChI=1S/C14H18N2O5S/c1-15-22(18,19)10-12-4-2-11(3-5-12)8-16-14(17)13-9-20-6-7-21-13/h2-5,9,15H,6-8,10H2,1H3,(H,16,17). The first kappa shape index (κ1) is 16.3. The first-order valence-corrected chi connectivity index (χ1v) is 8.37. The molecule has 0 spiro atoms. The molecule has 22 heavy (non-hydrogen) atoms. The highest BCUT2D eigenvalue weighted by Crippen LogP contribution is 2.09. The Morgan fingerprint density at radius 2 is 1.86 bits per heavy atom. The van der Waals surface area contributed by atoms with Crippen molar-refractivity contribution in [2.24, 2.45) is 0 Å². The third kappa shape index (κ3) is 4.74. The zero-order valence-corrected chi connectivity index (χ0v) is 13.0. The summed E-state index contributed by atoms with van der Waals surface area (Å²) in [4.78, 5) is 11.8. The third-order valence-electron chi connectivity index (χ3n) is 3.02. The van der Waals surface area contributed by atoms with Crippen LogP contribution in [-0.2, 0) is 36.6 Å². The molecule has 0 bridgehead atoms. The highest BCUT2D eigenvalue weighted by molar-refractivity contribution is 7.88. The predicted molar refractivity (Wildman–Crippen MR) is 80.0 cm³/mol. The molecule has 0 fully saturated rings. The van der Waals surface area contributed by atoms with Gasteiger partial charge >= 0.3 is 0 Å². The molecule has 0 aliphatic carbocycles. The van der Waals surface area contributed by atoms with Gasteiger partial charge in [0.2, 0.25) is 15.8 Å². The van der Waals surface area contributed by atoms with Gasteiger partial charge in [-0.15, -0.1) is 0 Å². The number of rotatable bonds is 6. The van der Waals surface area contributed by atoms with Gasteiger partial charge in [-0.1, -0.05) is 24.3 Å². The number of hydrogen-bond acceptors (Lipinski definition) is 5. The van der Waals surface area contributed by atoms with Gasteiger partial charge in [-0.3, -0.25) is 4.79 Å². The van der Waals surface area contributed by atoms with Crippen molar-refractivity contribution in [1.29, 1.82) is 0 Å². The maximum absolute atomic E-state index is 11.8. The van der Waals surface area contributed by atoms with Gasteiger partial charge in [0.25, 0.3) is 5.91 Å². The Morgan fingerprint density at radius 1 is 1.18 bits per heavy atom. The molecule has 0 saturated heterocycles.